The smallest absolute Gasteiger partial charge is 0.155 e. The van der Waals surface area contributed by atoms with Crippen molar-refractivity contribution in [2.45, 2.75) is 51.4 Å². The Bertz CT molecular complexity index is 441. The maximum Gasteiger partial charge on any atom is 0.155 e. The van der Waals surface area contributed by atoms with Crippen LogP contribution >= 0.6 is 0 Å². The Morgan fingerprint density at radius 3 is 2.90 bits per heavy atom. The molecular formula is C18H26O2. The molecule has 4 aliphatic carbocycles. The first-order valence-corrected chi connectivity index (χ1v) is 8.55. The summed E-state index contributed by atoms with van der Waals surface area (Å²) in [7, 11) is 0. The van der Waals surface area contributed by atoms with Crippen molar-refractivity contribution in [1.29, 1.82) is 0 Å². The molecule has 3 fully saturated rings. The van der Waals surface area contributed by atoms with Crippen molar-refractivity contribution in [3.8, 4) is 0 Å². The summed E-state index contributed by atoms with van der Waals surface area (Å²) in [5.74, 6) is 3.99. The van der Waals surface area contributed by atoms with E-state index in [1.165, 1.54) is 44.9 Å². The number of carbonyl (C=O) groups excluding carboxylic acids is 1. The van der Waals surface area contributed by atoms with Gasteiger partial charge in [0.25, 0.3) is 0 Å². The van der Waals surface area contributed by atoms with Gasteiger partial charge in [-0.15, -0.1) is 0 Å². The first-order valence-electron chi connectivity index (χ1n) is 8.55. The van der Waals surface area contributed by atoms with Crippen LogP contribution < -0.4 is 0 Å². The van der Waals surface area contributed by atoms with Crippen molar-refractivity contribution < 1.29 is 9.90 Å². The lowest BCUT2D eigenvalue weighted by molar-refractivity contribution is -0.118. The summed E-state index contributed by atoms with van der Waals surface area (Å²) in [6, 6.07) is 0. The van der Waals surface area contributed by atoms with Crippen LogP contribution in [0.15, 0.2) is 12.2 Å². The molecule has 4 aliphatic rings. The molecule has 0 aliphatic heterocycles. The van der Waals surface area contributed by atoms with E-state index >= 15 is 0 Å². The molecule has 0 radical (unpaired) electrons. The molecule has 0 aromatic heterocycles. The summed E-state index contributed by atoms with van der Waals surface area (Å²) in [6.45, 7) is 0.406. The van der Waals surface area contributed by atoms with Gasteiger partial charge < -0.3 is 5.11 Å². The monoisotopic (exact) mass is 274 g/mol. The summed E-state index contributed by atoms with van der Waals surface area (Å²) in [5, 5.41) is 9.95. The van der Waals surface area contributed by atoms with Crippen molar-refractivity contribution in [2.75, 3.05) is 6.61 Å². The molecule has 0 aromatic carbocycles. The maximum atomic E-state index is 11.6. The molecule has 110 valence electrons. The Morgan fingerprint density at radius 2 is 2.05 bits per heavy atom. The predicted molar refractivity (Wildman–Crippen MR) is 78.1 cm³/mol. The Labute approximate surface area is 121 Å². The fraction of sp³-hybridized carbons (Fsp3) is 0.833. The van der Waals surface area contributed by atoms with Crippen LogP contribution in [0.4, 0.5) is 0 Å². The van der Waals surface area contributed by atoms with Crippen LogP contribution in [0.3, 0.4) is 0 Å². The molecule has 0 bridgehead atoms. The SMILES string of the molecule is O=C1C=C[C@H]2C(CC[C@@H]3[C@@H]2CC[C@]2(CO)CCC[C@@H]32)C1. The van der Waals surface area contributed by atoms with Gasteiger partial charge in [0.2, 0.25) is 0 Å². The predicted octanol–water partition coefficient (Wildman–Crippen LogP) is 3.35. The highest BCUT2D eigenvalue weighted by atomic mass is 16.3. The molecular weight excluding hydrogens is 248 g/mol. The number of carbonyl (C=O) groups is 1. The average Bonchev–Trinajstić information content (AvgIpc) is 2.91. The van der Waals surface area contributed by atoms with Crippen LogP contribution in [0.1, 0.15) is 51.4 Å². The molecule has 2 nitrogen and oxygen atoms in total. The van der Waals surface area contributed by atoms with E-state index < -0.39 is 0 Å². The number of hydrogen-bond donors (Lipinski definition) is 1. The number of rotatable bonds is 1. The molecule has 0 amide bonds. The van der Waals surface area contributed by atoms with E-state index in [1.54, 1.807) is 0 Å². The summed E-state index contributed by atoms with van der Waals surface area (Å²) in [6.07, 6.45) is 13.8. The van der Waals surface area contributed by atoms with Crippen LogP contribution in [-0.4, -0.2) is 17.5 Å². The second-order valence-electron chi connectivity index (χ2n) is 7.83. The lowest BCUT2D eigenvalue weighted by Crippen LogP contribution is -2.48. The van der Waals surface area contributed by atoms with E-state index in [0.717, 1.165) is 24.2 Å². The molecule has 20 heavy (non-hydrogen) atoms. The topological polar surface area (TPSA) is 37.3 Å². The molecule has 0 spiro atoms. The van der Waals surface area contributed by atoms with Gasteiger partial charge in [-0.3, -0.25) is 4.79 Å². The zero-order valence-corrected chi connectivity index (χ0v) is 12.3. The van der Waals surface area contributed by atoms with Gasteiger partial charge in [0, 0.05) is 13.0 Å². The van der Waals surface area contributed by atoms with Crippen molar-refractivity contribution >= 4 is 5.78 Å². The first-order chi connectivity index (χ1) is 9.73. The highest BCUT2D eigenvalue weighted by Crippen LogP contribution is 2.61. The van der Waals surface area contributed by atoms with Gasteiger partial charge in [-0.25, -0.2) is 0 Å². The molecule has 6 atom stereocenters. The van der Waals surface area contributed by atoms with E-state index in [0.29, 0.717) is 24.2 Å². The van der Waals surface area contributed by atoms with Crippen LogP contribution in [0, 0.1) is 35.0 Å². The second-order valence-corrected chi connectivity index (χ2v) is 7.83. The Hall–Kier alpha value is -0.630. The highest BCUT2D eigenvalue weighted by molar-refractivity contribution is 5.90. The van der Waals surface area contributed by atoms with Gasteiger partial charge in [-0.05, 0) is 79.6 Å². The Kier molecular flexibility index (Phi) is 3.06. The summed E-state index contributed by atoms with van der Waals surface area (Å²) >= 11 is 0. The van der Waals surface area contributed by atoms with Crippen LogP contribution in [0.5, 0.6) is 0 Å². The molecule has 4 rings (SSSR count). The number of aliphatic hydroxyl groups is 1. The fourth-order valence-corrected chi connectivity index (χ4v) is 6.31. The number of hydrogen-bond acceptors (Lipinski definition) is 2. The third-order valence-corrected chi connectivity index (χ3v) is 7.21. The van der Waals surface area contributed by atoms with E-state index in [9.17, 15) is 9.90 Å². The zero-order valence-electron chi connectivity index (χ0n) is 12.3. The summed E-state index contributed by atoms with van der Waals surface area (Å²) < 4.78 is 0. The van der Waals surface area contributed by atoms with Gasteiger partial charge in [0.05, 0.1) is 0 Å². The molecule has 2 heteroatoms. The van der Waals surface area contributed by atoms with Gasteiger partial charge >= 0.3 is 0 Å². The standard InChI is InChI=1S/C18H26O2/c19-11-18-8-1-2-17(18)16-5-3-12-10-13(20)4-6-14(12)15(16)7-9-18/h4,6,12,14-17,19H,1-3,5,7-11H2/t12?,14-,15+,16+,17-,18-/m0/s1. The van der Waals surface area contributed by atoms with Crippen molar-refractivity contribution in [2.24, 2.45) is 35.0 Å². The molecule has 3 saturated carbocycles. The van der Waals surface area contributed by atoms with Gasteiger partial charge in [0.1, 0.15) is 0 Å². The number of allylic oxidation sites excluding steroid dienone is 2. The highest BCUT2D eigenvalue weighted by Gasteiger charge is 2.54. The second kappa shape index (κ2) is 4.69. The van der Waals surface area contributed by atoms with E-state index in [2.05, 4.69) is 6.08 Å². The number of ketones is 1. The Balaban J connectivity index is 1.62. The average molecular weight is 274 g/mol. The quantitative estimate of drug-likeness (QED) is 0.796. The van der Waals surface area contributed by atoms with Crippen LogP contribution in [0.2, 0.25) is 0 Å². The maximum absolute atomic E-state index is 11.6. The molecule has 0 heterocycles. The third-order valence-electron chi connectivity index (χ3n) is 7.21. The lowest BCUT2D eigenvalue weighted by atomic mass is 9.51. The summed E-state index contributed by atoms with van der Waals surface area (Å²) in [5.41, 5.74) is 0.266. The van der Waals surface area contributed by atoms with Gasteiger partial charge in [-0.1, -0.05) is 12.5 Å². The lowest BCUT2D eigenvalue weighted by Gasteiger charge is -2.54. The van der Waals surface area contributed by atoms with Crippen molar-refractivity contribution in [3.05, 3.63) is 12.2 Å². The van der Waals surface area contributed by atoms with Crippen LogP contribution in [-0.2, 0) is 4.79 Å². The largest absolute Gasteiger partial charge is 0.396 e. The van der Waals surface area contributed by atoms with Crippen molar-refractivity contribution in [3.63, 3.8) is 0 Å². The molecule has 1 unspecified atom stereocenters. The minimum atomic E-state index is 0.266. The first kappa shape index (κ1) is 13.1. The van der Waals surface area contributed by atoms with E-state index in [1.807, 2.05) is 6.08 Å². The van der Waals surface area contributed by atoms with Crippen molar-refractivity contribution in [1.82, 2.24) is 0 Å². The minimum Gasteiger partial charge on any atom is -0.396 e. The summed E-state index contributed by atoms with van der Waals surface area (Å²) in [4.78, 5) is 11.6. The van der Waals surface area contributed by atoms with E-state index in [4.69, 9.17) is 0 Å². The third kappa shape index (κ3) is 1.76. The molecule has 1 N–H and O–H groups in total. The van der Waals surface area contributed by atoms with E-state index in [-0.39, 0.29) is 5.41 Å². The molecule has 0 saturated heterocycles. The number of aliphatic hydroxyl groups excluding tert-OH is 1. The van der Waals surface area contributed by atoms with Crippen LogP contribution in [0.25, 0.3) is 0 Å². The zero-order chi connectivity index (χ0) is 13.7. The minimum absolute atomic E-state index is 0.266. The van der Waals surface area contributed by atoms with Gasteiger partial charge in [0.15, 0.2) is 5.78 Å². The Morgan fingerprint density at radius 1 is 1.15 bits per heavy atom. The molecule has 0 aromatic rings. The fourth-order valence-electron chi connectivity index (χ4n) is 6.31. The normalized spacial score (nSPS) is 50.5. The van der Waals surface area contributed by atoms with Gasteiger partial charge in [-0.2, -0.15) is 0 Å². The number of fused-ring (bicyclic) bond motifs is 5.